The van der Waals surface area contributed by atoms with Gasteiger partial charge in [0.25, 0.3) is 5.91 Å². The Morgan fingerprint density at radius 3 is 2.67 bits per heavy atom. The molecule has 0 aliphatic heterocycles. The predicted octanol–water partition coefficient (Wildman–Crippen LogP) is 0.938. The largest absolute Gasteiger partial charge is 0.368 e. The number of hydrogen-bond acceptors (Lipinski definition) is 8. The number of anilines is 3. The number of nitrogens with two attached hydrogens (primary N) is 2. The maximum atomic E-state index is 11.7. The molecular weight excluding hydrogens is 348 g/mol. The van der Waals surface area contributed by atoms with Crippen molar-refractivity contribution in [2.24, 2.45) is 11.5 Å². The average Bonchev–Trinajstić information content (AvgIpc) is 2.65. The first-order valence-corrected chi connectivity index (χ1v) is 8.18. The van der Waals surface area contributed by atoms with Crippen LogP contribution in [0, 0.1) is 0 Å². The van der Waals surface area contributed by atoms with E-state index in [2.05, 4.69) is 30.6 Å². The predicted molar refractivity (Wildman–Crippen MR) is 100 cm³/mol. The Balaban J connectivity index is 1.94. The first kappa shape index (κ1) is 18.0. The number of carbonyl (C=O) groups excluding carboxylic acids is 2. The first-order chi connectivity index (χ1) is 13.0. The molecule has 2 amide bonds. The number of pyridine rings is 2. The van der Waals surface area contributed by atoms with Crippen molar-refractivity contribution in [1.82, 2.24) is 19.9 Å². The zero-order chi connectivity index (χ0) is 19.4. The third kappa shape index (κ3) is 4.06. The smallest absolute Gasteiger partial charge is 0.271 e. The molecule has 1 atom stereocenters. The first-order valence-electron chi connectivity index (χ1n) is 8.18. The summed E-state index contributed by atoms with van der Waals surface area (Å²) in [6, 6.07) is 4.77. The van der Waals surface area contributed by atoms with E-state index in [4.69, 9.17) is 11.5 Å². The van der Waals surface area contributed by atoms with Crippen molar-refractivity contribution in [3.63, 3.8) is 0 Å². The fourth-order valence-corrected chi connectivity index (χ4v) is 2.44. The zero-order valence-electron chi connectivity index (χ0n) is 14.5. The van der Waals surface area contributed by atoms with Gasteiger partial charge in [0.15, 0.2) is 11.5 Å². The summed E-state index contributed by atoms with van der Waals surface area (Å²) >= 11 is 0. The van der Waals surface area contributed by atoms with Crippen molar-refractivity contribution < 1.29 is 9.59 Å². The molecule has 0 fully saturated rings. The molecule has 0 aliphatic carbocycles. The van der Waals surface area contributed by atoms with Crippen LogP contribution in [-0.4, -0.2) is 37.8 Å². The van der Waals surface area contributed by atoms with E-state index in [-0.39, 0.29) is 17.3 Å². The van der Waals surface area contributed by atoms with Gasteiger partial charge in [-0.25, -0.2) is 9.97 Å². The number of fused-ring (bicyclic) bond motifs is 1. The van der Waals surface area contributed by atoms with Gasteiger partial charge in [0, 0.05) is 6.20 Å². The molecule has 27 heavy (non-hydrogen) atoms. The minimum Gasteiger partial charge on any atom is -0.368 e. The summed E-state index contributed by atoms with van der Waals surface area (Å²) in [6.45, 7) is 1.81. The van der Waals surface area contributed by atoms with Crippen LogP contribution < -0.4 is 22.1 Å². The molecule has 10 nitrogen and oxygen atoms in total. The molecule has 138 valence electrons. The normalized spacial score (nSPS) is 11.7. The molecule has 0 unspecified atom stereocenters. The summed E-state index contributed by atoms with van der Waals surface area (Å²) in [5.74, 6) is -0.855. The zero-order valence-corrected chi connectivity index (χ0v) is 14.5. The van der Waals surface area contributed by atoms with Crippen LogP contribution in [0.5, 0.6) is 0 Å². The van der Waals surface area contributed by atoms with Crippen molar-refractivity contribution in [1.29, 1.82) is 0 Å². The van der Waals surface area contributed by atoms with Crippen molar-refractivity contribution in [2.45, 2.75) is 19.4 Å². The number of hydrogen-bond donors (Lipinski definition) is 4. The summed E-state index contributed by atoms with van der Waals surface area (Å²) in [7, 11) is 0. The lowest BCUT2D eigenvalue weighted by Gasteiger charge is -2.15. The van der Waals surface area contributed by atoms with Gasteiger partial charge in [0.2, 0.25) is 5.91 Å². The fraction of sp³-hybridized carbons (Fsp3) is 0.176. The maximum Gasteiger partial charge on any atom is 0.271 e. The Kier molecular flexibility index (Phi) is 5.06. The molecule has 0 radical (unpaired) electrons. The van der Waals surface area contributed by atoms with Gasteiger partial charge in [-0.15, -0.1) is 0 Å². The van der Waals surface area contributed by atoms with Crippen LogP contribution in [0.15, 0.2) is 36.8 Å². The van der Waals surface area contributed by atoms with E-state index in [9.17, 15) is 9.59 Å². The van der Waals surface area contributed by atoms with E-state index >= 15 is 0 Å². The lowest BCUT2D eigenvalue weighted by Crippen LogP contribution is -2.35. The SMILES string of the molecule is CC[C@@H](Nc1cnc(C(N)=O)c(Nc2cnc3cccnc3c2)n1)C(N)=O. The lowest BCUT2D eigenvalue weighted by molar-refractivity contribution is -0.118. The standard InChI is InChI=1S/C17H18N8O2/c1-2-10(15(18)26)24-13-8-22-14(16(19)27)17(25-13)23-9-6-12-11(21-7-9)4-3-5-20-12/h3-8,10H,2H2,1H3,(H2,18,26)(H2,19,27)(H2,23,24,25)/t10-/m1/s1. The molecule has 0 aliphatic rings. The van der Waals surface area contributed by atoms with Gasteiger partial charge in [0.1, 0.15) is 11.9 Å². The maximum absolute atomic E-state index is 11.7. The Morgan fingerprint density at radius 1 is 1.15 bits per heavy atom. The lowest BCUT2D eigenvalue weighted by atomic mass is 10.2. The Bertz CT molecular complexity index is 1010. The molecule has 6 N–H and O–H groups in total. The highest BCUT2D eigenvalue weighted by Crippen LogP contribution is 2.21. The Hall–Kier alpha value is -3.82. The molecule has 0 saturated heterocycles. The average molecular weight is 366 g/mol. The van der Waals surface area contributed by atoms with Gasteiger partial charge in [0.05, 0.1) is 29.1 Å². The summed E-state index contributed by atoms with van der Waals surface area (Å²) in [5, 5.41) is 5.86. The summed E-state index contributed by atoms with van der Waals surface area (Å²) in [4.78, 5) is 40.0. The van der Waals surface area contributed by atoms with Gasteiger partial charge >= 0.3 is 0 Å². The van der Waals surface area contributed by atoms with E-state index in [0.29, 0.717) is 17.6 Å². The minimum absolute atomic E-state index is 0.0474. The van der Waals surface area contributed by atoms with E-state index < -0.39 is 17.9 Å². The number of amides is 2. The van der Waals surface area contributed by atoms with Crippen LogP contribution in [0.2, 0.25) is 0 Å². The van der Waals surface area contributed by atoms with E-state index in [1.165, 1.54) is 6.20 Å². The molecule has 3 aromatic rings. The molecule has 10 heteroatoms. The number of nitrogens with one attached hydrogen (secondary N) is 2. The minimum atomic E-state index is -0.745. The van der Waals surface area contributed by atoms with Crippen LogP contribution in [-0.2, 0) is 4.79 Å². The molecule has 0 saturated carbocycles. The highest BCUT2D eigenvalue weighted by molar-refractivity contribution is 5.96. The van der Waals surface area contributed by atoms with Gasteiger partial charge < -0.3 is 22.1 Å². The molecule has 3 rings (SSSR count). The quantitative estimate of drug-likeness (QED) is 0.480. The highest BCUT2D eigenvalue weighted by Gasteiger charge is 2.17. The molecule has 0 spiro atoms. The molecular formula is C17H18N8O2. The van der Waals surface area contributed by atoms with Crippen LogP contribution in [0.25, 0.3) is 11.0 Å². The van der Waals surface area contributed by atoms with Crippen LogP contribution in [0.4, 0.5) is 17.3 Å². The Morgan fingerprint density at radius 2 is 1.96 bits per heavy atom. The van der Waals surface area contributed by atoms with E-state index in [0.717, 1.165) is 5.52 Å². The van der Waals surface area contributed by atoms with Crippen molar-refractivity contribution >= 4 is 40.2 Å². The Labute approximate surface area is 154 Å². The topological polar surface area (TPSA) is 162 Å². The van der Waals surface area contributed by atoms with Crippen LogP contribution >= 0.6 is 0 Å². The van der Waals surface area contributed by atoms with E-state index in [1.807, 2.05) is 6.07 Å². The molecule has 0 aromatic carbocycles. The second-order valence-corrected chi connectivity index (χ2v) is 5.71. The summed E-state index contributed by atoms with van der Waals surface area (Å²) < 4.78 is 0. The number of nitrogens with zero attached hydrogens (tertiary/aromatic N) is 4. The van der Waals surface area contributed by atoms with Crippen molar-refractivity contribution in [2.75, 3.05) is 10.6 Å². The second kappa shape index (κ2) is 7.60. The summed E-state index contributed by atoms with van der Waals surface area (Å²) in [6.07, 6.45) is 5.02. The van der Waals surface area contributed by atoms with Crippen molar-refractivity contribution in [3.05, 3.63) is 42.5 Å². The van der Waals surface area contributed by atoms with Gasteiger partial charge in [-0.1, -0.05) is 6.92 Å². The van der Waals surface area contributed by atoms with Gasteiger partial charge in [-0.2, -0.15) is 0 Å². The number of aromatic nitrogens is 4. The number of rotatable bonds is 7. The third-order valence-corrected chi connectivity index (χ3v) is 3.79. The number of primary amides is 2. The number of carbonyl (C=O) groups is 2. The van der Waals surface area contributed by atoms with E-state index in [1.54, 1.807) is 31.5 Å². The molecule has 3 aromatic heterocycles. The second-order valence-electron chi connectivity index (χ2n) is 5.71. The summed E-state index contributed by atoms with van der Waals surface area (Å²) in [5.41, 5.74) is 12.6. The molecule has 3 heterocycles. The van der Waals surface area contributed by atoms with Crippen molar-refractivity contribution in [3.8, 4) is 0 Å². The van der Waals surface area contributed by atoms with Crippen LogP contribution in [0.1, 0.15) is 23.8 Å². The highest BCUT2D eigenvalue weighted by atomic mass is 16.1. The third-order valence-electron chi connectivity index (χ3n) is 3.79. The monoisotopic (exact) mass is 366 g/mol. The van der Waals surface area contributed by atoms with Gasteiger partial charge in [-0.3, -0.25) is 19.6 Å². The van der Waals surface area contributed by atoms with Gasteiger partial charge in [-0.05, 0) is 24.6 Å². The van der Waals surface area contributed by atoms with Crippen LogP contribution in [0.3, 0.4) is 0 Å². The fourth-order valence-electron chi connectivity index (χ4n) is 2.44. The molecule has 0 bridgehead atoms.